The Morgan fingerprint density at radius 3 is 2.64 bits per heavy atom. The zero-order valence-corrected chi connectivity index (χ0v) is 18.1. The fourth-order valence-electron chi connectivity index (χ4n) is 3.69. The molecule has 1 aliphatic rings. The number of carbonyl (C=O) groups is 1. The third kappa shape index (κ3) is 6.78. The van der Waals surface area contributed by atoms with E-state index < -0.39 is 5.60 Å². The van der Waals surface area contributed by atoms with Crippen LogP contribution in [0.15, 0.2) is 24.3 Å². The number of amides is 1. The van der Waals surface area contributed by atoms with Crippen molar-refractivity contribution in [3.8, 4) is 5.75 Å². The summed E-state index contributed by atoms with van der Waals surface area (Å²) in [6.07, 6.45) is 7.85. The van der Waals surface area contributed by atoms with Gasteiger partial charge in [0.25, 0.3) is 5.91 Å². The number of carbonyl (C=O) groups excluding carboxylic acids is 1. The molecule has 1 aromatic rings. The van der Waals surface area contributed by atoms with E-state index in [2.05, 4.69) is 24.1 Å². The largest absolute Gasteiger partial charge is 0.492 e. The van der Waals surface area contributed by atoms with Gasteiger partial charge in [-0.3, -0.25) is 9.69 Å². The monoisotopic (exact) mass is 390 g/mol. The van der Waals surface area contributed by atoms with Crippen molar-refractivity contribution in [3.63, 3.8) is 0 Å². The molecule has 0 unspecified atom stereocenters. The standard InChI is InChI=1S/C23H38N2O3/c1-5-6-8-15-23(3,27-4)22(26)24-20-11-13-21(14-12-20)28-18-17-25-16-9-7-10-19(25)2/h11-14,19H,5-10,15-18H2,1-4H3,(H,24,26)/t19-,23-/m1/s1. The van der Waals surface area contributed by atoms with E-state index in [1.54, 1.807) is 7.11 Å². The lowest BCUT2D eigenvalue weighted by Gasteiger charge is -2.33. The molecule has 158 valence electrons. The van der Waals surface area contributed by atoms with Gasteiger partial charge in [-0.05, 0) is 63.9 Å². The Bertz CT molecular complexity index is 590. The van der Waals surface area contributed by atoms with Gasteiger partial charge in [-0.15, -0.1) is 0 Å². The lowest BCUT2D eigenvalue weighted by molar-refractivity contribution is -0.136. The van der Waals surface area contributed by atoms with Crippen molar-refractivity contribution >= 4 is 11.6 Å². The van der Waals surface area contributed by atoms with Gasteiger partial charge in [0, 0.05) is 25.4 Å². The summed E-state index contributed by atoms with van der Waals surface area (Å²) in [6.45, 7) is 9.13. The van der Waals surface area contributed by atoms with E-state index in [0.29, 0.717) is 12.6 Å². The van der Waals surface area contributed by atoms with Crippen LogP contribution in [0, 0.1) is 0 Å². The van der Waals surface area contributed by atoms with Crippen LogP contribution in [0.1, 0.15) is 65.7 Å². The van der Waals surface area contributed by atoms with Crippen LogP contribution >= 0.6 is 0 Å². The fourth-order valence-corrected chi connectivity index (χ4v) is 3.69. The van der Waals surface area contributed by atoms with Gasteiger partial charge >= 0.3 is 0 Å². The molecule has 1 aliphatic heterocycles. The van der Waals surface area contributed by atoms with Crippen molar-refractivity contribution in [2.75, 3.05) is 32.1 Å². The van der Waals surface area contributed by atoms with E-state index >= 15 is 0 Å². The van der Waals surface area contributed by atoms with Crippen molar-refractivity contribution in [3.05, 3.63) is 24.3 Å². The van der Waals surface area contributed by atoms with Crippen molar-refractivity contribution in [2.24, 2.45) is 0 Å². The smallest absolute Gasteiger partial charge is 0.256 e. The lowest BCUT2D eigenvalue weighted by Crippen LogP contribution is -2.41. The second-order valence-electron chi connectivity index (χ2n) is 8.10. The van der Waals surface area contributed by atoms with Crippen LogP contribution < -0.4 is 10.1 Å². The van der Waals surface area contributed by atoms with Gasteiger partial charge in [0.15, 0.2) is 0 Å². The van der Waals surface area contributed by atoms with Gasteiger partial charge < -0.3 is 14.8 Å². The van der Waals surface area contributed by atoms with Gasteiger partial charge in [-0.2, -0.15) is 0 Å². The highest BCUT2D eigenvalue weighted by Crippen LogP contribution is 2.23. The predicted octanol–water partition coefficient (Wildman–Crippen LogP) is 4.86. The van der Waals surface area contributed by atoms with E-state index in [9.17, 15) is 4.79 Å². The summed E-state index contributed by atoms with van der Waals surface area (Å²) >= 11 is 0. The number of methoxy groups -OCH3 is 1. The Morgan fingerprint density at radius 1 is 1.25 bits per heavy atom. The van der Waals surface area contributed by atoms with E-state index in [1.807, 2.05) is 31.2 Å². The van der Waals surface area contributed by atoms with Crippen molar-refractivity contribution in [2.45, 2.75) is 77.4 Å². The average Bonchev–Trinajstić information content (AvgIpc) is 2.70. The Morgan fingerprint density at radius 2 is 2.00 bits per heavy atom. The molecule has 0 bridgehead atoms. The molecule has 0 spiro atoms. The molecule has 5 heteroatoms. The number of hydrogen-bond donors (Lipinski definition) is 1. The Labute approximate surface area is 170 Å². The molecule has 2 atom stereocenters. The molecule has 0 saturated carbocycles. The third-order valence-corrected chi connectivity index (χ3v) is 5.89. The quantitative estimate of drug-likeness (QED) is 0.548. The summed E-state index contributed by atoms with van der Waals surface area (Å²) in [5.74, 6) is 0.735. The lowest BCUT2D eigenvalue weighted by atomic mass is 9.97. The number of anilines is 1. The van der Waals surface area contributed by atoms with E-state index in [0.717, 1.165) is 43.7 Å². The molecule has 1 heterocycles. The number of likely N-dealkylation sites (tertiary alicyclic amines) is 1. The molecule has 1 amide bonds. The number of rotatable bonds is 11. The van der Waals surface area contributed by atoms with Gasteiger partial charge in [-0.25, -0.2) is 0 Å². The normalized spacial score (nSPS) is 19.8. The average molecular weight is 391 g/mol. The number of nitrogens with zero attached hydrogens (tertiary/aromatic N) is 1. The second-order valence-corrected chi connectivity index (χ2v) is 8.10. The summed E-state index contributed by atoms with van der Waals surface area (Å²) in [7, 11) is 1.60. The van der Waals surface area contributed by atoms with Crippen LogP contribution in [0.25, 0.3) is 0 Å². The van der Waals surface area contributed by atoms with Crippen molar-refractivity contribution < 1.29 is 14.3 Å². The van der Waals surface area contributed by atoms with Gasteiger partial charge in [0.05, 0.1) is 0 Å². The first-order valence-corrected chi connectivity index (χ1v) is 10.8. The zero-order chi connectivity index (χ0) is 20.4. The van der Waals surface area contributed by atoms with Crippen LogP contribution in [0.3, 0.4) is 0 Å². The van der Waals surface area contributed by atoms with E-state index in [-0.39, 0.29) is 5.91 Å². The molecule has 2 rings (SSSR count). The number of unbranched alkanes of at least 4 members (excludes halogenated alkanes) is 2. The Balaban J connectivity index is 1.80. The first-order chi connectivity index (χ1) is 13.5. The minimum Gasteiger partial charge on any atom is -0.492 e. The number of ether oxygens (including phenoxy) is 2. The molecule has 5 nitrogen and oxygen atoms in total. The van der Waals surface area contributed by atoms with Crippen LogP contribution in [0.4, 0.5) is 5.69 Å². The zero-order valence-electron chi connectivity index (χ0n) is 18.1. The molecule has 1 N–H and O–H groups in total. The summed E-state index contributed by atoms with van der Waals surface area (Å²) in [5, 5.41) is 2.97. The number of benzene rings is 1. The Hall–Kier alpha value is -1.59. The third-order valence-electron chi connectivity index (χ3n) is 5.89. The molecule has 0 aromatic heterocycles. The molecular weight excluding hydrogens is 352 g/mol. The molecule has 0 radical (unpaired) electrons. The number of piperidine rings is 1. The van der Waals surface area contributed by atoms with E-state index in [4.69, 9.17) is 9.47 Å². The minimum atomic E-state index is -0.796. The SMILES string of the molecule is CCCCC[C@@](C)(OC)C(=O)Nc1ccc(OCCN2CCCC[C@H]2C)cc1. The molecule has 1 fully saturated rings. The van der Waals surface area contributed by atoms with Crippen LogP contribution in [-0.2, 0) is 9.53 Å². The van der Waals surface area contributed by atoms with Gasteiger partial charge in [-0.1, -0.05) is 32.6 Å². The summed E-state index contributed by atoms with van der Waals surface area (Å²) in [4.78, 5) is 15.2. The van der Waals surface area contributed by atoms with Crippen molar-refractivity contribution in [1.82, 2.24) is 4.90 Å². The highest BCUT2D eigenvalue weighted by molar-refractivity contribution is 5.97. The predicted molar refractivity (Wildman–Crippen MR) is 115 cm³/mol. The molecule has 28 heavy (non-hydrogen) atoms. The molecular formula is C23H38N2O3. The first kappa shape index (κ1) is 22.7. The molecule has 0 aliphatic carbocycles. The molecule has 1 aromatic carbocycles. The van der Waals surface area contributed by atoms with Crippen LogP contribution in [-0.4, -0.2) is 49.3 Å². The topological polar surface area (TPSA) is 50.8 Å². The fraction of sp³-hybridized carbons (Fsp3) is 0.696. The minimum absolute atomic E-state index is 0.0983. The summed E-state index contributed by atoms with van der Waals surface area (Å²) in [6, 6.07) is 8.26. The Kier molecular flexibility index (Phi) is 9.26. The highest BCUT2D eigenvalue weighted by atomic mass is 16.5. The first-order valence-electron chi connectivity index (χ1n) is 10.8. The second kappa shape index (κ2) is 11.4. The van der Waals surface area contributed by atoms with E-state index in [1.165, 1.54) is 25.8 Å². The van der Waals surface area contributed by atoms with Gasteiger partial charge in [0.2, 0.25) is 0 Å². The van der Waals surface area contributed by atoms with Crippen molar-refractivity contribution in [1.29, 1.82) is 0 Å². The van der Waals surface area contributed by atoms with Crippen LogP contribution in [0.5, 0.6) is 5.75 Å². The highest BCUT2D eigenvalue weighted by Gasteiger charge is 2.32. The summed E-state index contributed by atoms with van der Waals surface area (Å²) < 4.78 is 11.4. The summed E-state index contributed by atoms with van der Waals surface area (Å²) in [5.41, 5.74) is -0.0316. The van der Waals surface area contributed by atoms with Crippen LogP contribution in [0.2, 0.25) is 0 Å². The van der Waals surface area contributed by atoms with Gasteiger partial charge in [0.1, 0.15) is 18.0 Å². The molecule has 1 saturated heterocycles. The maximum Gasteiger partial charge on any atom is 0.256 e. The maximum atomic E-state index is 12.6. The number of hydrogen-bond acceptors (Lipinski definition) is 4. The maximum absolute atomic E-state index is 12.6. The number of nitrogens with one attached hydrogen (secondary N) is 1.